The minimum Gasteiger partial charge on any atom is -0.344 e. The van der Waals surface area contributed by atoms with Gasteiger partial charge in [0.2, 0.25) is 0 Å². The summed E-state index contributed by atoms with van der Waals surface area (Å²) in [5.74, 6) is 0. The molecule has 2 aromatic heterocycles. The first-order valence-electron chi connectivity index (χ1n) is 5.43. The van der Waals surface area contributed by atoms with Crippen LogP contribution in [0.3, 0.4) is 0 Å². The van der Waals surface area contributed by atoms with Gasteiger partial charge < -0.3 is 4.98 Å². The van der Waals surface area contributed by atoms with Gasteiger partial charge in [-0.25, -0.2) is 4.98 Å². The lowest BCUT2D eigenvalue weighted by Gasteiger charge is -2.22. The number of H-pyrrole nitrogens is 1. The zero-order valence-electron chi connectivity index (χ0n) is 9.54. The molecule has 3 heteroatoms. The van der Waals surface area contributed by atoms with Gasteiger partial charge in [-0.2, -0.15) is 0 Å². The topological polar surface area (TPSA) is 41.6 Å². The zero-order chi connectivity index (χ0) is 10.9. The van der Waals surface area contributed by atoms with Gasteiger partial charge in [-0.1, -0.05) is 27.2 Å². The summed E-state index contributed by atoms with van der Waals surface area (Å²) in [4.78, 5) is 11.8. The van der Waals surface area contributed by atoms with Gasteiger partial charge in [-0.3, -0.25) is 4.98 Å². The van der Waals surface area contributed by atoms with Crippen molar-refractivity contribution in [3.8, 4) is 0 Å². The number of hydrogen-bond acceptors (Lipinski definition) is 2. The lowest BCUT2D eigenvalue weighted by atomic mass is 9.82. The highest BCUT2D eigenvalue weighted by Crippen LogP contribution is 2.32. The second-order valence-electron chi connectivity index (χ2n) is 4.59. The fourth-order valence-corrected chi connectivity index (χ4v) is 2.13. The van der Waals surface area contributed by atoms with E-state index in [-0.39, 0.29) is 5.41 Å². The summed E-state index contributed by atoms with van der Waals surface area (Å²) >= 11 is 0. The number of fused-ring (bicyclic) bond motifs is 1. The molecule has 0 amide bonds. The molecule has 0 fully saturated rings. The van der Waals surface area contributed by atoms with Crippen molar-refractivity contribution in [2.24, 2.45) is 0 Å². The van der Waals surface area contributed by atoms with Crippen molar-refractivity contribution in [2.45, 2.75) is 39.0 Å². The fraction of sp³-hybridized carbons (Fsp3) is 0.500. The van der Waals surface area contributed by atoms with E-state index in [4.69, 9.17) is 0 Å². The average molecular weight is 203 g/mol. The van der Waals surface area contributed by atoms with Crippen LogP contribution in [-0.4, -0.2) is 15.0 Å². The van der Waals surface area contributed by atoms with E-state index in [2.05, 4.69) is 35.7 Å². The van der Waals surface area contributed by atoms with Gasteiger partial charge >= 0.3 is 0 Å². The third-order valence-corrected chi connectivity index (χ3v) is 2.91. The Bertz CT molecular complexity index is 457. The van der Waals surface area contributed by atoms with Crippen LogP contribution in [0.15, 0.2) is 18.6 Å². The maximum atomic E-state index is 4.40. The molecule has 0 aliphatic carbocycles. The highest BCUT2D eigenvalue weighted by molar-refractivity contribution is 5.75. The van der Waals surface area contributed by atoms with E-state index in [1.165, 1.54) is 12.0 Å². The van der Waals surface area contributed by atoms with Gasteiger partial charge in [-0.05, 0) is 11.8 Å². The molecule has 0 spiro atoms. The summed E-state index contributed by atoms with van der Waals surface area (Å²) in [6, 6.07) is 0. The lowest BCUT2D eigenvalue weighted by Crippen LogP contribution is -2.16. The predicted molar refractivity (Wildman–Crippen MR) is 61.8 cm³/mol. The van der Waals surface area contributed by atoms with Gasteiger partial charge in [0.25, 0.3) is 0 Å². The first-order valence-corrected chi connectivity index (χ1v) is 5.43. The molecule has 1 N–H and O–H groups in total. The Morgan fingerprint density at radius 2 is 2.00 bits per heavy atom. The van der Waals surface area contributed by atoms with Crippen LogP contribution in [0.5, 0.6) is 0 Å². The van der Waals surface area contributed by atoms with Gasteiger partial charge in [0.1, 0.15) is 5.52 Å². The Morgan fingerprint density at radius 1 is 1.27 bits per heavy atom. The van der Waals surface area contributed by atoms with Crippen molar-refractivity contribution >= 4 is 11.2 Å². The van der Waals surface area contributed by atoms with Crippen LogP contribution in [0, 0.1) is 0 Å². The maximum absolute atomic E-state index is 4.40. The van der Waals surface area contributed by atoms with E-state index in [9.17, 15) is 0 Å². The van der Waals surface area contributed by atoms with E-state index >= 15 is 0 Å². The van der Waals surface area contributed by atoms with Crippen LogP contribution in [0.4, 0.5) is 0 Å². The monoisotopic (exact) mass is 203 g/mol. The second-order valence-corrected chi connectivity index (χ2v) is 4.59. The summed E-state index contributed by atoms with van der Waals surface area (Å²) in [7, 11) is 0. The largest absolute Gasteiger partial charge is 0.344 e. The number of nitrogens with one attached hydrogen (secondary N) is 1. The van der Waals surface area contributed by atoms with E-state index < -0.39 is 0 Å². The first kappa shape index (κ1) is 10.1. The Hall–Kier alpha value is -1.38. The third-order valence-electron chi connectivity index (χ3n) is 2.91. The van der Waals surface area contributed by atoms with Crippen LogP contribution in [0.25, 0.3) is 11.2 Å². The highest BCUT2D eigenvalue weighted by atomic mass is 14.9. The van der Waals surface area contributed by atoms with Crippen molar-refractivity contribution in [1.29, 1.82) is 0 Å². The van der Waals surface area contributed by atoms with E-state index in [0.29, 0.717) is 0 Å². The molecular weight excluding hydrogens is 186 g/mol. The Morgan fingerprint density at radius 3 is 2.73 bits per heavy atom. The van der Waals surface area contributed by atoms with E-state index in [1.54, 1.807) is 12.4 Å². The van der Waals surface area contributed by atoms with Crippen molar-refractivity contribution < 1.29 is 0 Å². The molecule has 2 heterocycles. The minimum atomic E-state index is 0.170. The first-order chi connectivity index (χ1) is 7.15. The number of rotatable bonds is 3. The van der Waals surface area contributed by atoms with Crippen LogP contribution in [0.2, 0.25) is 0 Å². The van der Waals surface area contributed by atoms with Gasteiger partial charge in [0.15, 0.2) is 5.65 Å². The molecule has 15 heavy (non-hydrogen) atoms. The molecule has 2 rings (SSSR count). The molecule has 0 aliphatic rings. The van der Waals surface area contributed by atoms with Crippen LogP contribution in [0.1, 0.15) is 39.2 Å². The van der Waals surface area contributed by atoms with E-state index in [1.807, 2.05) is 6.20 Å². The quantitative estimate of drug-likeness (QED) is 0.833. The second kappa shape index (κ2) is 3.65. The average Bonchev–Trinajstić information content (AvgIpc) is 2.61. The molecule has 80 valence electrons. The molecule has 0 bridgehead atoms. The summed E-state index contributed by atoms with van der Waals surface area (Å²) in [5, 5.41) is 0. The number of hydrogen-bond donors (Lipinski definition) is 1. The maximum Gasteiger partial charge on any atom is 0.156 e. The van der Waals surface area contributed by atoms with Crippen molar-refractivity contribution in [3.05, 3.63) is 24.2 Å². The number of aromatic nitrogens is 3. The molecule has 0 aromatic carbocycles. The number of nitrogens with zero attached hydrogens (tertiary/aromatic N) is 2. The summed E-state index contributed by atoms with van der Waals surface area (Å²) in [5.41, 5.74) is 3.34. The number of aromatic amines is 1. The highest BCUT2D eigenvalue weighted by Gasteiger charge is 2.23. The molecule has 0 saturated heterocycles. The fourth-order valence-electron chi connectivity index (χ4n) is 2.13. The molecule has 0 saturated carbocycles. The summed E-state index contributed by atoms with van der Waals surface area (Å²) < 4.78 is 0. The van der Waals surface area contributed by atoms with Gasteiger partial charge in [-0.15, -0.1) is 0 Å². The smallest absolute Gasteiger partial charge is 0.156 e. The molecule has 0 atom stereocenters. The zero-order valence-corrected chi connectivity index (χ0v) is 9.54. The molecule has 2 aromatic rings. The Kier molecular flexibility index (Phi) is 2.47. The molecule has 0 radical (unpaired) electrons. The normalized spacial score (nSPS) is 12.2. The Labute approximate surface area is 90.0 Å². The molecular formula is C12H17N3. The van der Waals surface area contributed by atoms with Crippen LogP contribution >= 0.6 is 0 Å². The van der Waals surface area contributed by atoms with Gasteiger partial charge in [0, 0.05) is 24.2 Å². The van der Waals surface area contributed by atoms with E-state index in [0.717, 1.165) is 17.6 Å². The molecule has 0 unspecified atom stereocenters. The summed E-state index contributed by atoms with van der Waals surface area (Å²) in [6.07, 6.45) is 7.86. The SMILES string of the molecule is CCCC(C)(C)c1c[nH]c2nccnc12. The minimum absolute atomic E-state index is 0.170. The molecule has 3 nitrogen and oxygen atoms in total. The third kappa shape index (κ3) is 1.74. The van der Waals surface area contributed by atoms with Crippen molar-refractivity contribution in [3.63, 3.8) is 0 Å². The van der Waals surface area contributed by atoms with Crippen LogP contribution < -0.4 is 0 Å². The van der Waals surface area contributed by atoms with Gasteiger partial charge in [0.05, 0.1) is 0 Å². The summed E-state index contributed by atoms with van der Waals surface area (Å²) in [6.45, 7) is 6.73. The van der Waals surface area contributed by atoms with Crippen LogP contribution in [-0.2, 0) is 5.41 Å². The van der Waals surface area contributed by atoms with Crippen molar-refractivity contribution in [1.82, 2.24) is 15.0 Å². The Balaban J connectivity index is 2.52. The predicted octanol–water partition coefficient (Wildman–Crippen LogP) is 3.04. The molecule has 0 aliphatic heterocycles. The standard InChI is InChI=1S/C12H17N3/c1-4-5-12(2,3)9-8-15-11-10(9)13-6-7-14-11/h6-8H,4-5H2,1-3H3,(H,14,15). The lowest BCUT2D eigenvalue weighted by molar-refractivity contribution is 0.476. The van der Waals surface area contributed by atoms with Crippen molar-refractivity contribution in [2.75, 3.05) is 0 Å².